The molecule has 0 fully saturated rings. The summed E-state index contributed by atoms with van der Waals surface area (Å²) in [5, 5.41) is 0. The van der Waals surface area contributed by atoms with Crippen LogP contribution in [0.1, 0.15) is 27.2 Å². The van der Waals surface area contributed by atoms with Crippen LogP contribution in [0.5, 0.6) is 0 Å². The Bertz CT molecular complexity index is 469. The van der Waals surface area contributed by atoms with Crippen LogP contribution < -0.4 is 0 Å². The lowest BCUT2D eigenvalue weighted by atomic mass is 10.1. The van der Waals surface area contributed by atoms with E-state index in [1.54, 1.807) is 20.8 Å². The minimum atomic E-state index is -1.36. The number of carbonyl (C=O) groups excluding carboxylic acids is 2. The maximum Gasteiger partial charge on any atom is 0.334 e. The molecular formula is C15H19BrO4S. The zero-order valence-electron chi connectivity index (χ0n) is 12.3. The topological polar surface area (TPSA) is 52.6 Å². The first-order valence-corrected chi connectivity index (χ1v) is 8.40. The van der Waals surface area contributed by atoms with E-state index in [0.717, 1.165) is 9.37 Å². The molecule has 4 nitrogen and oxygen atoms in total. The fourth-order valence-corrected chi connectivity index (χ4v) is 3.09. The van der Waals surface area contributed by atoms with Crippen LogP contribution in [0, 0.1) is 0 Å². The Morgan fingerprint density at radius 3 is 1.90 bits per heavy atom. The minimum Gasteiger partial charge on any atom is -0.465 e. The zero-order valence-corrected chi connectivity index (χ0v) is 14.8. The molecule has 21 heavy (non-hydrogen) atoms. The molecule has 6 heteroatoms. The third-order valence-electron chi connectivity index (χ3n) is 2.81. The average Bonchev–Trinajstić information content (AvgIpc) is 2.47. The lowest BCUT2D eigenvalue weighted by Crippen LogP contribution is -2.45. The summed E-state index contributed by atoms with van der Waals surface area (Å²) in [7, 11) is 0. The van der Waals surface area contributed by atoms with Crippen LogP contribution in [0.25, 0.3) is 0 Å². The van der Waals surface area contributed by atoms with Gasteiger partial charge in [-0.25, -0.2) is 9.59 Å². The number of carbonyl (C=O) groups is 2. The summed E-state index contributed by atoms with van der Waals surface area (Å²) in [5.74, 6) is -1.11. The summed E-state index contributed by atoms with van der Waals surface area (Å²) in [6.07, 6.45) is 0.297. The highest BCUT2D eigenvalue weighted by Crippen LogP contribution is 2.38. The average molecular weight is 375 g/mol. The second-order valence-electron chi connectivity index (χ2n) is 4.18. The van der Waals surface area contributed by atoms with Gasteiger partial charge in [-0.3, -0.25) is 0 Å². The molecule has 0 spiro atoms. The van der Waals surface area contributed by atoms with Gasteiger partial charge in [0.2, 0.25) is 4.75 Å². The molecule has 0 bridgehead atoms. The van der Waals surface area contributed by atoms with Gasteiger partial charge in [0, 0.05) is 9.37 Å². The Morgan fingerprint density at radius 1 is 1.05 bits per heavy atom. The van der Waals surface area contributed by atoms with Gasteiger partial charge in [0.05, 0.1) is 13.2 Å². The second kappa shape index (κ2) is 8.44. The van der Waals surface area contributed by atoms with Crippen molar-refractivity contribution in [2.75, 3.05) is 13.2 Å². The first-order valence-electron chi connectivity index (χ1n) is 6.79. The van der Waals surface area contributed by atoms with E-state index in [0.29, 0.717) is 6.42 Å². The molecule has 0 N–H and O–H groups in total. The summed E-state index contributed by atoms with van der Waals surface area (Å²) >= 11 is 4.53. The first-order chi connectivity index (χ1) is 10.00. The van der Waals surface area contributed by atoms with Crippen molar-refractivity contribution in [3.8, 4) is 0 Å². The molecule has 116 valence electrons. The van der Waals surface area contributed by atoms with Crippen LogP contribution >= 0.6 is 27.7 Å². The maximum atomic E-state index is 12.3. The summed E-state index contributed by atoms with van der Waals surface area (Å²) in [6.45, 7) is 5.66. The minimum absolute atomic E-state index is 0.223. The quantitative estimate of drug-likeness (QED) is 0.412. The molecular weight excluding hydrogens is 356 g/mol. The molecule has 1 aromatic carbocycles. The third kappa shape index (κ3) is 4.48. The second-order valence-corrected chi connectivity index (χ2v) is 6.47. The van der Waals surface area contributed by atoms with Crippen LogP contribution in [0.15, 0.2) is 33.6 Å². The van der Waals surface area contributed by atoms with Gasteiger partial charge in [-0.05, 0) is 44.5 Å². The standard InChI is InChI=1S/C15H19BrO4S/c1-4-15(13(17)19-5-2,14(18)20-6-3)21-12-9-7-11(16)8-10-12/h7-10H,4-6H2,1-3H3. The highest BCUT2D eigenvalue weighted by molar-refractivity contribution is 9.10. The molecule has 0 amide bonds. The Balaban J connectivity index is 3.12. The highest BCUT2D eigenvalue weighted by Gasteiger charge is 2.48. The van der Waals surface area contributed by atoms with E-state index in [1.807, 2.05) is 24.3 Å². The summed E-state index contributed by atoms with van der Waals surface area (Å²) in [6, 6.07) is 7.41. The normalized spacial score (nSPS) is 11.0. The first kappa shape index (κ1) is 18.0. The van der Waals surface area contributed by atoms with Gasteiger partial charge in [-0.15, -0.1) is 0 Å². The lowest BCUT2D eigenvalue weighted by Gasteiger charge is -2.27. The van der Waals surface area contributed by atoms with Crippen molar-refractivity contribution in [3.05, 3.63) is 28.7 Å². The van der Waals surface area contributed by atoms with Gasteiger partial charge in [0.1, 0.15) is 0 Å². The number of rotatable bonds is 7. The fraction of sp³-hybridized carbons (Fsp3) is 0.467. The van der Waals surface area contributed by atoms with Crippen LogP contribution in [-0.4, -0.2) is 29.9 Å². The van der Waals surface area contributed by atoms with Crippen molar-refractivity contribution in [3.63, 3.8) is 0 Å². The van der Waals surface area contributed by atoms with Gasteiger partial charge in [0.15, 0.2) is 0 Å². The van der Waals surface area contributed by atoms with Gasteiger partial charge in [-0.2, -0.15) is 0 Å². The SMILES string of the molecule is CCOC(=O)C(CC)(Sc1ccc(Br)cc1)C(=O)OCC. The van der Waals surface area contributed by atoms with Crippen LogP contribution in [0.3, 0.4) is 0 Å². The van der Waals surface area contributed by atoms with Gasteiger partial charge >= 0.3 is 11.9 Å². The van der Waals surface area contributed by atoms with Gasteiger partial charge < -0.3 is 9.47 Å². The Hall–Kier alpha value is -1.01. The van der Waals surface area contributed by atoms with E-state index >= 15 is 0 Å². The van der Waals surface area contributed by atoms with E-state index in [2.05, 4.69) is 15.9 Å². The maximum absolute atomic E-state index is 12.3. The predicted molar refractivity (Wildman–Crippen MR) is 86.3 cm³/mol. The zero-order chi connectivity index (χ0) is 15.9. The van der Waals surface area contributed by atoms with Crippen molar-refractivity contribution < 1.29 is 19.1 Å². The molecule has 0 radical (unpaired) electrons. The van der Waals surface area contributed by atoms with Crippen molar-refractivity contribution in [1.82, 2.24) is 0 Å². The molecule has 1 rings (SSSR count). The Kier molecular flexibility index (Phi) is 7.25. The van der Waals surface area contributed by atoms with Crippen molar-refractivity contribution >= 4 is 39.6 Å². The number of thioether (sulfide) groups is 1. The molecule has 0 aromatic heterocycles. The number of hydrogen-bond acceptors (Lipinski definition) is 5. The summed E-state index contributed by atoms with van der Waals surface area (Å²) < 4.78 is 9.75. The van der Waals surface area contributed by atoms with Crippen molar-refractivity contribution in [1.29, 1.82) is 0 Å². The molecule has 0 heterocycles. The Labute approximate surface area is 137 Å². The monoisotopic (exact) mass is 374 g/mol. The number of hydrogen-bond donors (Lipinski definition) is 0. The number of benzene rings is 1. The fourth-order valence-electron chi connectivity index (χ4n) is 1.73. The third-order valence-corrected chi connectivity index (χ3v) is 4.82. The van der Waals surface area contributed by atoms with E-state index in [4.69, 9.17) is 9.47 Å². The van der Waals surface area contributed by atoms with Crippen molar-refractivity contribution in [2.24, 2.45) is 0 Å². The smallest absolute Gasteiger partial charge is 0.334 e. The van der Waals surface area contributed by atoms with Crippen LogP contribution in [-0.2, 0) is 19.1 Å². The number of ether oxygens (including phenoxy) is 2. The molecule has 0 aliphatic carbocycles. The predicted octanol–water partition coefficient (Wildman–Crippen LogP) is 3.82. The van der Waals surface area contributed by atoms with Gasteiger partial charge in [-0.1, -0.05) is 34.6 Å². The molecule has 0 atom stereocenters. The molecule has 0 saturated carbocycles. The summed E-state index contributed by atoms with van der Waals surface area (Å²) in [4.78, 5) is 25.5. The van der Waals surface area contributed by atoms with E-state index in [-0.39, 0.29) is 13.2 Å². The van der Waals surface area contributed by atoms with Crippen LogP contribution in [0.4, 0.5) is 0 Å². The van der Waals surface area contributed by atoms with Gasteiger partial charge in [0.25, 0.3) is 0 Å². The highest BCUT2D eigenvalue weighted by atomic mass is 79.9. The molecule has 0 aliphatic rings. The molecule has 0 unspecified atom stereocenters. The van der Waals surface area contributed by atoms with E-state index in [9.17, 15) is 9.59 Å². The molecule has 0 saturated heterocycles. The Morgan fingerprint density at radius 2 is 1.52 bits per heavy atom. The van der Waals surface area contributed by atoms with E-state index < -0.39 is 16.7 Å². The van der Waals surface area contributed by atoms with Crippen LogP contribution in [0.2, 0.25) is 0 Å². The molecule has 1 aromatic rings. The van der Waals surface area contributed by atoms with Crippen molar-refractivity contribution in [2.45, 2.75) is 36.8 Å². The largest absolute Gasteiger partial charge is 0.465 e. The number of esters is 2. The summed E-state index contributed by atoms with van der Waals surface area (Å²) in [5.41, 5.74) is 0. The molecule has 0 aliphatic heterocycles. The van der Waals surface area contributed by atoms with E-state index in [1.165, 1.54) is 11.8 Å². The number of halogens is 1. The lowest BCUT2D eigenvalue weighted by molar-refractivity contribution is -0.158.